The Kier molecular flexibility index (Phi) is 6.29. The summed E-state index contributed by atoms with van der Waals surface area (Å²) in [5, 5.41) is 0. The highest BCUT2D eigenvalue weighted by Gasteiger charge is 2.12. The van der Waals surface area contributed by atoms with Gasteiger partial charge in [0.25, 0.3) is 5.91 Å². The molecular weight excluding hydrogens is 240 g/mol. The molecule has 106 valence electrons. The molecule has 1 aromatic rings. The number of amides is 1. The second-order valence-corrected chi connectivity index (χ2v) is 4.73. The SMILES string of the molecule is CCCCN(CCN)c1ccnc(C(=O)N(C)C)c1. The predicted molar refractivity (Wildman–Crippen MR) is 78.4 cm³/mol. The minimum Gasteiger partial charge on any atom is -0.370 e. The lowest BCUT2D eigenvalue weighted by Crippen LogP contribution is -2.31. The van der Waals surface area contributed by atoms with E-state index >= 15 is 0 Å². The second kappa shape index (κ2) is 7.74. The topological polar surface area (TPSA) is 62.5 Å². The van der Waals surface area contributed by atoms with Gasteiger partial charge >= 0.3 is 0 Å². The van der Waals surface area contributed by atoms with Crippen LogP contribution in [-0.2, 0) is 0 Å². The van der Waals surface area contributed by atoms with E-state index in [9.17, 15) is 4.79 Å². The zero-order valence-corrected chi connectivity index (χ0v) is 12.1. The largest absolute Gasteiger partial charge is 0.370 e. The molecular formula is C14H24N4O. The molecule has 2 N–H and O–H groups in total. The summed E-state index contributed by atoms with van der Waals surface area (Å²) in [6.07, 6.45) is 3.93. The number of carbonyl (C=O) groups excluding carboxylic acids is 1. The van der Waals surface area contributed by atoms with Crippen LogP contribution in [0.1, 0.15) is 30.3 Å². The average molecular weight is 264 g/mol. The van der Waals surface area contributed by atoms with Crippen LogP contribution in [0.5, 0.6) is 0 Å². The van der Waals surface area contributed by atoms with Gasteiger partial charge in [-0.25, -0.2) is 0 Å². The first-order chi connectivity index (χ1) is 9.10. The molecule has 5 heteroatoms. The van der Waals surface area contributed by atoms with E-state index in [1.165, 1.54) is 4.90 Å². The highest BCUT2D eigenvalue weighted by molar-refractivity contribution is 5.92. The molecule has 0 aromatic carbocycles. The van der Waals surface area contributed by atoms with Gasteiger partial charge < -0.3 is 15.5 Å². The highest BCUT2D eigenvalue weighted by Crippen LogP contribution is 2.15. The highest BCUT2D eigenvalue weighted by atomic mass is 16.2. The normalized spacial score (nSPS) is 10.3. The Balaban J connectivity index is 2.90. The Bertz CT molecular complexity index is 406. The van der Waals surface area contributed by atoms with Crippen LogP contribution in [0.25, 0.3) is 0 Å². The molecule has 0 unspecified atom stereocenters. The Morgan fingerprint density at radius 1 is 1.37 bits per heavy atom. The van der Waals surface area contributed by atoms with Crippen molar-refractivity contribution in [3.8, 4) is 0 Å². The lowest BCUT2D eigenvalue weighted by molar-refractivity contribution is 0.0822. The van der Waals surface area contributed by atoms with E-state index in [-0.39, 0.29) is 5.91 Å². The van der Waals surface area contributed by atoms with E-state index in [2.05, 4.69) is 16.8 Å². The van der Waals surface area contributed by atoms with Crippen LogP contribution in [0.15, 0.2) is 18.3 Å². The number of unbranched alkanes of at least 4 members (excludes halogenated alkanes) is 1. The average Bonchev–Trinajstić information content (AvgIpc) is 2.42. The van der Waals surface area contributed by atoms with E-state index in [0.717, 1.165) is 31.6 Å². The van der Waals surface area contributed by atoms with Crippen molar-refractivity contribution in [2.75, 3.05) is 38.6 Å². The van der Waals surface area contributed by atoms with Crippen LogP contribution in [0.3, 0.4) is 0 Å². The number of nitrogens with zero attached hydrogens (tertiary/aromatic N) is 3. The van der Waals surface area contributed by atoms with E-state index in [0.29, 0.717) is 12.2 Å². The minimum atomic E-state index is -0.0787. The van der Waals surface area contributed by atoms with E-state index in [1.807, 2.05) is 12.1 Å². The Morgan fingerprint density at radius 2 is 2.11 bits per heavy atom. The molecule has 1 heterocycles. The van der Waals surface area contributed by atoms with Crippen LogP contribution in [0, 0.1) is 0 Å². The van der Waals surface area contributed by atoms with Crippen molar-refractivity contribution in [1.82, 2.24) is 9.88 Å². The number of pyridine rings is 1. The van der Waals surface area contributed by atoms with Crippen molar-refractivity contribution in [3.05, 3.63) is 24.0 Å². The first-order valence-corrected chi connectivity index (χ1v) is 6.72. The number of aromatic nitrogens is 1. The number of rotatable bonds is 7. The standard InChI is InChI=1S/C14H24N4O/c1-4-5-9-18(10-7-15)12-6-8-16-13(11-12)14(19)17(2)3/h6,8,11H,4-5,7,9-10,15H2,1-3H3. The smallest absolute Gasteiger partial charge is 0.272 e. The zero-order valence-electron chi connectivity index (χ0n) is 12.1. The molecule has 0 radical (unpaired) electrons. The summed E-state index contributed by atoms with van der Waals surface area (Å²) in [4.78, 5) is 19.8. The molecule has 1 rings (SSSR count). The molecule has 5 nitrogen and oxygen atoms in total. The van der Waals surface area contributed by atoms with Gasteiger partial charge in [0.05, 0.1) is 0 Å². The molecule has 0 saturated carbocycles. The molecule has 1 amide bonds. The molecule has 0 spiro atoms. The van der Waals surface area contributed by atoms with Gasteiger partial charge in [0, 0.05) is 45.6 Å². The molecule has 0 bridgehead atoms. The third-order valence-electron chi connectivity index (χ3n) is 2.91. The van der Waals surface area contributed by atoms with Crippen LogP contribution in [0.4, 0.5) is 5.69 Å². The maximum absolute atomic E-state index is 11.9. The number of carbonyl (C=O) groups is 1. The third kappa shape index (κ3) is 4.52. The van der Waals surface area contributed by atoms with E-state index < -0.39 is 0 Å². The number of hydrogen-bond acceptors (Lipinski definition) is 4. The van der Waals surface area contributed by atoms with Gasteiger partial charge in [-0.15, -0.1) is 0 Å². The van der Waals surface area contributed by atoms with Crippen LogP contribution < -0.4 is 10.6 Å². The Morgan fingerprint density at radius 3 is 2.68 bits per heavy atom. The van der Waals surface area contributed by atoms with Gasteiger partial charge in [-0.2, -0.15) is 0 Å². The van der Waals surface area contributed by atoms with Crippen molar-refractivity contribution in [2.24, 2.45) is 5.73 Å². The maximum atomic E-state index is 11.9. The lowest BCUT2D eigenvalue weighted by Gasteiger charge is -2.24. The number of hydrogen-bond donors (Lipinski definition) is 1. The van der Waals surface area contributed by atoms with E-state index in [4.69, 9.17) is 5.73 Å². The van der Waals surface area contributed by atoms with E-state index in [1.54, 1.807) is 20.3 Å². The lowest BCUT2D eigenvalue weighted by atomic mass is 10.2. The molecule has 0 fully saturated rings. The van der Waals surface area contributed by atoms with Gasteiger partial charge in [-0.1, -0.05) is 13.3 Å². The first-order valence-electron chi connectivity index (χ1n) is 6.72. The predicted octanol–water partition coefficient (Wildman–Crippen LogP) is 1.35. The summed E-state index contributed by atoms with van der Waals surface area (Å²) in [6, 6.07) is 3.77. The molecule has 0 aliphatic carbocycles. The fourth-order valence-corrected chi connectivity index (χ4v) is 1.84. The third-order valence-corrected chi connectivity index (χ3v) is 2.91. The Labute approximate surface area is 115 Å². The minimum absolute atomic E-state index is 0.0787. The van der Waals surface area contributed by atoms with Gasteiger partial charge in [-0.3, -0.25) is 9.78 Å². The summed E-state index contributed by atoms with van der Waals surface area (Å²) < 4.78 is 0. The fourth-order valence-electron chi connectivity index (χ4n) is 1.84. The summed E-state index contributed by atoms with van der Waals surface area (Å²) in [6.45, 7) is 4.50. The molecule has 0 atom stereocenters. The van der Waals surface area contributed by atoms with Gasteiger partial charge in [0.1, 0.15) is 5.69 Å². The van der Waals surface area contributed by atoms with Crippen molar-refractivity contribution < 1.29 is 4.79 Å². The Hall–Kier alpha value is -1.62. The van der Waals surface area contributed by atoms with Gasteiger partial charge in [0.15, 0.2) is 0 Å². The molecule has 0 saturated heterocycles. The van der Waals surface area contributed by atoms with Crippen LogP contribution in [-0.4, -0.2) is 49.5 Å². The number of anilines is 1. The summed E-state index contributed by atoms with van der Waals surface area (Å²) in [5.41, 5.74) is 7.14. The molecule has 1 aromatic heterocycles. The second-order valence-electron chi connectivity index (χ2n) is 4.73. The van der Waals surface area contributed by atoms with Crippen LogP contribution in [0.2, 0.25) is 0 Å². The fraction of sp³-hybridized carbons (Fsp3) is 0.571. The van der Waals surface area contributed by atoms with Crippen molar-refractivity contribution in [1.29, 1.82) is 0 Å². The monoisotopic (exact) mass is 264 g/mol. The van der Waals surface area contributed by atoms with Gasteiger partial charge in [0.2, 0.25) is 0 Å². The summed E-state index contributed by atoms with van der Waals surface area (Å²) in [7, 11) is 3.46. The van der Waals surface area contributed by atoms with Crippen LogP contribution >= 0.6 is 0 Å². The van der Waals surface area contributed by atoms with Crippen molar-refractivity contribution in [3.63, 3.8) is 0 Å². The number of nitrogens with two attached hydrogens (primary N) is 1. The first kappa shape index (κ1) is 15.4. The molecule has 19 heavy (non-hydrogen) atoms. The zero-order chi connectivity index (χ0) is 14.3. The summed E-state index contributed by atoms with van der Waals surface area (Å²) >= 11 is 0. The van der Waals surface area contributed by atoms with Crippen molar-refractivity contribution >= 4 is 11.6 Å². The molecule has 0 aliphatic rings. The maximum Gasteiger partial charge on any atom is 0.272 e. The van der Waals surface area contributed by atoms with Crippen molar-refractivity contribution in [2.45, 2.75) is 19.8 Å². The quantitative estimate of drug-likeness (QED) is 0.807. The van der Waals surface area contributed by atoms with Gasteiger partial charge in [-0.05, 0) is 18.6 Å². The summed E-state index contributed by atoms with van der Waals surface area (Å²) in [5.74, 6) is -0.0787. The molecule has 0 aliphatic heterocycles.